The normalized spacial score (nSPS) is 13.4. The van der Waals surface area contributed by atoms with Gasteiger partial charge in [0, 0.05) is 0 Å². The van der Waals surface area contributed by atoms with Crippen LogP contribution in [0.5, 0.6) is 0 Å². The minimum atomic E-state index is -1.55. The Hall–Kier alpha value is -0.426. The van der Waals surface area contributed by atoms with E-state index in [-0.39, 0.29) is 0 Å². The van der Waals surface area contributed by atoms with Crippen molar-refractivity contribution in [2.24, 2.45) is 0 Å². The molecule has 0 spiro atoms. The predicted molar refractivity (Wildman–Crippen MR) is 103 cm³/mol. The van der Waals surface area contributed by atoms with Gasteiger partial charge in [0.15, 0.2) is 8.32 Å². The van der Waals surface area contributed by atoms with Crippen LogP contribution in [0.1, 0.15) is 32.8 Å². The fourth-order valence-corrected chi connectivity index (χ4v) is 5.17. The van der Waals surface area contributed by atoms with Gasteiger partial charge in [0.2, 0.25) is 0 Å². The van der Waals surface area contributed by atoms with Crippen LogP contribution in [-0.4, -0.2) is 23.1 Å². The quantitative estimate of drug-likeness (QED) is 0.507. The molecule has 0 atom stereocenters. The van der Waals surface area contributed by atoms with Crippen molar-refractivity contribution in [2.75, 3.05) is 6.54 Å². The first-order valence-electron chi connectivity index (χ1n) is 8.46. The van der Waals surface area contributed by atoms with Crippen LogP contribution < -0.4 is 4.98 Å². The highest BCUT2D eigenvalue weighted by Gasteiger charge is 2.34. The van der Waals surface area contributed by atoms with Gasteiger partial charge in [-0.25, -0.2) is 0 Å². The molecule has 0 aliphatic heterocycles. The van der Waals surface area contributed by atoms with Crippen molar-refractivity contribution in [2.45, 2.75) is 71.1 Å². The Kier molecular flexibility index (Phi) is 7.05. The summed E-state index contributed by atoms with van der Waals surface area (Å²) in [6.07, 6.45) is 1.22. The second kappa shape index (κ2) is 7.91. The first kappa shape index (κ1) is 19.6. The van der Waals surface area contributed by atoms with Gasteiger partial charge in [-0.3, -0.25) is 0 Å². The van der Waals surface area contributed by atoms with Gasteiger partial charge in [0.25, 0.3) is 0 Å². The van der Waals surface area contributed by atoms with E-state index in [1.165, 1.54) is 18.0 Å². The maximum Gasteiger partial charge on any atom is 0.187 e. The van der Waals surface area contributed by atoms with Gasteiger partial charge in [-0.15, -0.1) is 0 Å². The van der Waals surface area contributed by atoms with Crippen molar-refractivity contribution in [3.05, 3.63) is 35.9 Å². The minimum Gasteiger partial charge on any atom is -0.413 e. The maximum atomic E-state index is 6.24. The second-order valence-electron chi connectivity index (χ2n) is 8.44. The average molecular weight is 338 g/mol. The molecular weight excluding hydrogens is 302 g/mol. The molecule has 0 saturated carbocycles. The number of nitrogens with one attached hydrogen (secondary N) is 1. The lowest BCUT2D eigenvalue weighted by molar-refractivity contribution is 0.294. The summed E-state index contributed by atoms with van der Waals surface area (Å²) in [5.74, 6) is 0. The van der Waals surface area contributed by atoms with Crippen molar-refractivity contribution in [1.29, 1.82) is 0 Å². The molecule has 0 heterocycles. The van der Waals surface area contributed by atoms with E-state index in [0.29, 0.717) is 5.04 Å². The molecule has 0 bridgehead atoms. The average Bonchev–Trinajstić information content (AvgIpc) is 2.42. The van der Waals surface area contributed by atoms with Crippen LogP contribution in [0.15, 0.2) is 30.3 Å². The summed E-state index contributed by atoms with van der Waals surface area (Å²) in [4.78, 5) is 3.85. The molecule has 2 nitrogen and oxygen atoms in total. The first-order valence-corrected chi connectivity index (χ1v) is 14.6. The molecule has 1 N–H and O–H groups in total. The van der Waals surface area contributed by atoms with Crippen LogP contribution in [0, 0.1) is 0 Å². The van der Waals surface area contributed by atoms with Gasteiger partial charge in [-0.05, 0) is 42.7 Å². The van der Waals surface area contributed by atoms with E-state index in [0.717, 1.165) is 13.2 Å². The monoisotopic (exact) mass is 337 g/mol. The van der Waals surface area contributed by atoms with E-state index in [9.17, 15) is 0 Å². The van der Waals surface area contributed by atoms with Crippen molar-refractivity contribution in [3.8, 4) is 0 Å². The summed E-state index contributed by atoms with van der Waals surface area (Å²) in [6, 6.07) is 11.7. The van der Waals surface area contributed by atoms with Crippen LogP contribution in [0.3, 0.4) is 0 Å². The highest BCUT2D eigenvalue weighted by molar-refractivity contribution is 6.77. The molecule has 0 aliphatic rings. The highest BCUT2D eigenvalue weighted by Crippen LogP contribution is 2.33. The zero-order valence-electron chi connectivity index (χ0n) is 15.6. The first-order chi connectivity index (χ1) is 10.0. The van der Waals surface area contributed by atoms with Gasteiger partial charge in [0.05, 0.1) is 6.61 Å². The molecule has 1 aromatic carbocycles. The number of hydrogen-bond acceptors (Lipinski definition) is 2. The Balaban J connectivity index is 2.31. The molecular formula is C18H35NOSi2. The lowest BCUT2D eigenvalue weighted by Crippen LogP contribution is -2.52. The molecule has 1 aromatic rings. The van der Waals surface area contributed by atoms with E-state index >= 15 is 0 Å². The van der Waals surface area contributed by atoms with Crippen molar-refractivity contribution < 1.29 is 4.43 Å². The molecule has 0 aromatic heterocycles. The lowest BCUT2D eigenvalue weighted by atomic mass is 10.2. The number of benzene rings is 1. The number of rotatable bonds is 8. The summed E-state index contributed by atoms with van der Waals surface area (Å²) in [5, 5.41) is 0.407. The van der Waals surface area contributed by atoms with Gasteiger partial charge in [0.1, 0.15) is 8.24 Å². The van der Waals surface area contributed by atoms with E-state index in [1.54, 1.807) is 0 Å². The Morgan fingerprint density at radius 3 is 2.14 bits per heavy atom. The number of hydrogen-bond donors (Lipinski definition) is 1. The van der Waals surface area contributed by atoms with Crippen LogP contribution in [0.25, 0.3) is 0 Å². The maximum absolute atomic E-state index is 6.24. The van der Waals surface area contributed by atoms with E-state index in [1.807, 2.05) is 0 Å². The van der Waals surface area contributed by atoms with Gasteiger partial charge in [-0.2, -0.15) is 0 Å². The summed E-state index contributed by atoms with van der Waals surface area (Å²) in [5.41, 5.74) is 1.28. The fourth-order valence-electron chi connectivity index (χ4n) is 2.11. The third-order valence-electron chi connectivity index (χ3n) is 4.87. The third kappa shape index (κ3) is 6.77. The Morgan fingerprint density at radius 1 is 1.00 bits per heavy atom. The molecule has 1 rings (SSSR count). The second-order valence-corrected chi connectivity index (χ2v) is 17.9. The van der Waals surface area contributed by atoms with E-state index in [4.69, 9.17) is 4.43 Å². The molecule has 0 amide bonds. The van der Waals surface area contributed by atoms with Crippen LogP contribution in [0.4, 0.5) is 0 Å². The smallest absolute Gasteiger partial charge is 0.187 e. The van der Waals surface area contributed by atoms with Crippen molar-refractivity contribution >= 4 is 16.6 Å². The van der Waals surface area contributed by atoms with E-state index < -0.39 is 16.6 Å². The molecule has 0 fully saturated rings. The van der Waals surface area contributed by atoms with Crippen LogP contribution in [0.2, 0.25) is 37.3 Å². The Morgan fingerprint density at radius 2 is 1.59 bits per heavy atom. The fraction of sp³-hybridized carbons (Fsp3) is 0.667. The molecule has 0 unspecified atom stereocenters. The topological polar surface area (TPSA) is 21.3 Å². The van der Waals surface area contributed by atoms with Gasteiger partial charge < -0.3 is 9.41 Å². The summed E-state index contributed by atoms with van der Waals surface area (Å²) >= 11 is 0. The molecule has 0 aliphatic carbocycles. The van der Waals surface area contributed by atoms with Gasteiger partial charge >= 0.3 is 0 Å². The standard InChI is InChI=1S/C18H35NOSi2/c1-18(2,3)22(6,7)19-14-11-15-21(4,5)20-16-17-12-9-8-10-13-17/h8-10,12-13,19H,11,14-16H2,1-7H3. The highest BCUT2D eigenvalue weighted by atomic mass is 28.4. The van der Waals surface area contributed by atoms with E-state index in [2.05, 4.69) is 82.3 Å². The van der Waals surface area contributed by atoms with Crippen LogP contribution in [-0.2, 0) is 11.0 Å². The van der Waals surface area contributed by atoms with Crippen molar-refractivity contribution in [1.82, 2.24) is 4.98 Å². The Labute approximate surface area is 139 Å². The molecule has 4 heteroatoms. The van der Waals surface area contributed by atoms with Crippen LogP contribution >= 0.6 is 0 Å². The molecule has 0 saturated heterocycles. The molecule has 126 valence electrons. The molecule has 0 radical (unpaired) electrons. The van der Waals surface area contributed by atoms with Gasteiger partial charge in [-0.1, -0.05) is 64.2 Å². The summed E-state index contributed by atoms with van der Waals surface area (Å²) < 4.78 is 6.24. The zero-order valence-corrected chi connectivity index (χ0v) is 17.6. The third-order valence-corrected chi connectivity index (χ3v) is 12.2. The Bertz CT molecular complexity index is 438. The predicted octanol–water partition coefficient (Wildman–Crippen LogP) is 5.39. The summed E-state index contributed by atoms with van der Waals surface area (Å²) in [6.45, 7) is 18.5. The zero-order chi connectivity index (χ0) is 16.9. The summed E-state index contributed by atoms with van der Waals surface area (Å²) in [7, 11) is -2.90. The molecule has 22 heavy (non-hydrogen) atoms. The lowest BCUT2D eigenvalue weighted by Gasteiger charge is -2.37. The SMILES string of the molecule is CC(C)(C)[Si](C)(C)NCCC[Si](C)(C)OCc1ccccc1. The van der Waals surface area contributed by atoms with Crippen molar-refractivity contribution in [3.63, 3.8) is 0 Å². The largest absolute Gasteiger partial charge is 0.413 e. The minimum absolute atomic E-state index is 0.407.